The zero-order valence-corrected chi connectivity index (χ0v) is 16.7. The molecule has 0 atom stereocenters. The van der Waals surface area contributed by atoms with Gasteiger partial charge < -0.3 is 10.4 Å². The molecule has 0 aliphatic heterocycles. The van der Waals surface area contributed by atoms with E-state index in [9.17, 15) is 19.5 Å². The van der Waals surface area contributed by atoms with Crippen molar-refractivity contribution in [2.24, 2.45) is 0 Å². The molecule has 148 valence electrons. The van der Waals surface area contributed by atoms with Gasteiger partial charge in [-0.1, -0.05) is 59.9 Å². The van der Waals surface area contributed by atoms with Crippen LogP contribution < -0.4 is 5.32 Å². The van der Waals surface area contributed by atoms with E-state index >= 15 is 0 Å². The number of aromatic carboxylic acids is 1. The number of carbonyl (C=O) groups excluding carboxylic acids is 2. The van der Waals surface area contributed by atoms with E-state index in [2.05, 4.69) is 10.3 Å². The molecule has 1 amide bonds. The number of anilines is 1. The van der Waals surface area contributed by atoms with E-state index in [1.165, 1.54) is 6.07 Å². The zero-order valence-electron chi connectivity index (χ0n) is 15.8. The highest BCUT2D eigenvalue weighted by Gasteiger charge is 2.18. The Kier molecular flexibility index (Phi) is 6.51. The van der Waals surface area contributed by atoms with Gasteiger partial charge in [-0.3, -0.25) is 9.59 Å². The molecule has 1 aromatic heterocycles. The molecule has 2 N–H and O–H groups in total. The summed E-state index contributed by atoms with van der Waals surface area (Å²) < 4.78 is 0. The first-order chi connectivity index (χ1) is 13.9. The van der Waals surface area contributed by atoms with Crippen LogP contribution >= 0.6 is 11.3 Å². The number of thiazole rings is 1. The van der Waals surface area contributed by atoms with Crippen molar-refractivity contribution in [2.45, 2.75) is 26.2 Å². The molecule has 0 unspecified atom stereocenters. The number of nitrogens with one attached hydrogen (secondary N) is 1. The highest BCUT2D eigenvalue weighted by molar-refractivity contribution is 7.17. The van der Waals surface area contributed by atoms with Crippen LogP contribution in [0, 0.1) is 6.92 Å². The third-order valence-electron chi connectivity index (χ3n) is 4.38. The molecule has 0 aliphatic rings. The van der Waals surface area contributed by atoms with Crippen LogP contribution in [0.5, 0.6) is 0 Å². The minimum atomic E-state index is -1.08. The molecule has 3 rings (SSSR count). The lowest BCUT2D eigenvalue weighted by Gasteiger charge is -2.05. The van der Waals surface area contributed by atoms with E-state index < -0.39 is 5.97 Å². The lowest BCUT2D eigenvalue weighted by atomic mass is 10.0. The average Bonchev–Trinajstić information content (AvgIpc) is 3.07. The van der Waals surface area contributed by atoms with Gasteiger partial charge in [-0.2, -0.15) is 0 Å². The number of nitrogens with zero attached hydrogens (tertiary/aromatic N) is 1. The fourth-order valence-electron chi connectivity index (χ4n) is 2.94. The number of ketones is 1. The normalized spacial score (nSPS) is 10.5. The summed E-state index contributed by atoms with van der Waals surface area (Å²) in [6.45, 7) is 1.74. The fourth-order valence-corrected chi connectivity index (χ4v) is 3.89. The molecule has 7 heteroatoms. The molecule has 2 aromatic carbocycles. The highest BCUT2D eigenvalue weighted by atomic mass is 32.1. The summed E-state index contributed by atoms with van der Waals surface area (Å²) in [6, 6.07) is 16.1. The standard InChI is InChI=1S/C22H20N2O4S/c1-14-20(18(25)12-11-15-7-3-2-4-8-15)29-22(23-14)24-19(26)13-16-9-5-6-10-17(16)21(27)28/h2-10H,11-13H2,1H3,(H,27,28)(H,23,24,26). The second-order valence-corrected chi connectivity index (χ2v) is 7.53. The van der Waals surface area contributed by atoms with Crippen LogP contribution in [0.3, 0.4) is 0 Å². The van der Waals surface area contributed by atoms with Gasteiger partial charge in [-0.05, 0) is 30.5 Å². The summed E-state index contributed by atoms with van der Waals surface area (Å²) in [4.78, 5) is 41.0. The minimum absolute atomic E-state index is 0.0134. The Balaban J connectivity index is 1.63. The molecule has 1 heterocycles. The van der Waals surface area contributed by atoms with Gasteiger partial charge in [0.05, 0.1) is 22.6 Å². The summed E-state index contributed by atoms with van der Waals surface area (Å²) in [6.07, 6.45) is 0.926. The van der Waals surface area contributed by atoms with Crippen LogP contribution in [0.1, 0.15) is 43.3 Å². The van der Waals surface area contributed by atoms with Crippen molar-refractivity contribution >= 4 is 34.1 Å². The predicted molar refractivity (Wildman–Crippen MR) is 112 cm³/mol. The number of amides is 1. The van der Waals surface area contributed by atoms with E-state index in [0.29, 0.717) is 34.1 Å². The van der Waals surface area contributed by atoms with E-state index in [1.807, 2.05) is 30.3 Å². The molecule has 0 saturated carbocycles. The summed E-state index contributed by atoms with van der Waals surface area (Å²) in [5.74, 6) is -1.47. The van der Waals surface area contributed by atoms with Gasteiger partial charge in [-0.15, -0.1) is 0 Å². The van der Waals surface area contributed by atoms with Crippen molar-refractivity contribution in [3.8, 4) is 0 Å². The minimum Gasteiger partial charge on any atom is -0.478 e. The lowest BCUT2D eigenvalue weighted by molar-refractivity contribution is -0.115. The Morgan fingerprint density at radius 2 is 1.72 bits per heavy atom. The third-order valence-corrected chi connectivity index (χ3v) is 5.49. The molecule has 0 aliphatic carbocycles. The number of carboxylic acids is 1. The number of aromatic nitrogens is 1. The monoisotopic (exact) mass is 408 g/mol. The van der Waals surface area contributed by atoms with Crippen molar-refractivity contribution in [3.05, 3.63) is 81.9 Å². The number of aryl methyl sites for hydroxylation is 2. The number of Topliss-reactive ketones (excluding diaryl/α,β-unsaturated/α-hetero) is 1. The number of carboxylic acid groups (broad SMARTS) is 1. The summed E-state index contributed by atoms with van der Waals surface area (Å²) in [5, 5.41) is 12.2. The second kappa shape index (κ2) is 9.25. The maximum atomic E-state index is 12.5. The second-order valence-electron chi connectivity index (χ2n) is 6.53. The van der Waals surface area contributed by atoms with Crippen LogP contribution in [-0.4, -0.2) is 27.8 Å². The quantitative estimate of drug-likeness (QED) is 0.546. The molecule has 6 nitrogen and oxygen atoms in total. The molecule has 0 spiro atoms. The third kappa shape index (κ3) is 5.36. The van der Waals surface area contributed by atoms with Gasteiger partial charge in [0.2, 0.25) is 5.91 Å². The Bertz CT molecular complexity index is 1040. The highest BCUT2D eigenvalue weighted by Crippen LogP contribution is 2.25. The molecule has 0 radical (unpaired) electrons. The summed E-state index contributed by atoms with van der Waals surface area (Å²) in [5.41, 5.74) is 2.18. The van der Waals surface area contributed by atoms with Crippen LogP contribution in [0.2, 0.25) is 0 Å². The Hall–Kier alpha value is -3.32. The van der Waals surface area contributed by atoms with E-state index in [1.54, 1.807) is 25.1 Å². The fraction of sp³-hybridized carbons (Fsp3) is 0.182. The van der Waals surface area contributed by atoms with Crippen molar-refractivity contribution in [3.63, 3.8) is 0 Å². The van der Waals surface area contributed by atoms with Crippen LogP contribution in [0.25, 0.3) is 0 Å². The number of carbonyl (C=O) groups is 3. The Labute approximate surface area is 172 Å². The van der Waals surface area contributed by atoms with Crippen LogP contribution in [0.15, 0.2) is 54.6 Å². The van der Waals surface area contributed by atoms with Gasteiger partial charge >= 0.3 is 5.97 Å². The Morgan fingerprint density at radius 1 is 1.03 bits per heavy atom. The molecule has 0 fully saturated rings. The van der Waals surface area contributed by atoms with E-state index in [0.717, 1.165) is 16.9 Å². The largest absolute Gasteiger partial charge is 0.478 e. The SMILES string of the molecule is Cc1nc(NC(=O)Cc2ccccc2C(=O)O)sc1C(=O)CCc1ccccc1. The molecule has 29 heavy (non-hydrogen) atoms. The van der Waals surface area contributed by atoms with Gasteiger partial charge in [0, 0.05) is 6.42 Å². The molecule has 0 bridgehead atoms. The van der Waals surface area contributed by atoms with Crippen molar-refractivity contribution in [1.29, 1.82) is 0 Å². The number of benzene rings is 2. The molecular formula is C22H20N2O4S. The Morgan fingerprint density at radius 3 is 2.45 bits per heavy atom. The van der Waals surface area contributed by atoms with Crippen LogP contribution in [-0.2, 0) is 17.6 Å². The smallest absolute Gasteiger partial charge is 0.335 e. The topological polar surface area (TPSA) is 96.4 Å². The van der Waals surface area contributed by atoms with Gasteiger partial charge in [-0.25, -0.2) is 9.78 Å². The lowest BCUT2D eigenvalue weighted by Crippen LogP contribution is -2.16. The molecule has 3 aromatic rings. The predicted octanol–water partition coefficient (Wildman–Crippen LogP) is 4.15. The number of hydrogen-bond donors (Lipinski definition) is 2. The van der Waals surface area contributed by atoms with Crippen molar-refractivity contribution in [1.82, 2.24) is 4.98 Å². The van der Waals surface area contributed by atoms with Gasteiger partial charge in [0.1, 0.15) is 0 Å². The van der Waals surface area contributed by atoms with Gasteiger partial charge in [0.15, 0.2) is 10.9 Å². The van der Waals surface area contributed by atoms with Crippen molar-refractivity contribution in [2.75, 3.05) is 5.32 Å². The first-order valence-electron chi connectivity index (χ1n) is 9.09. The molecular weight excluding hydrogens is 388 g/mol. The summed E-state index contributed by atoms with van der Waals surface area (Å²) >= 11 is 1.14. The first-order valence-corrected chi connectivity index (χ1v) is 9.91. The van der Waals surface area contributed by atoms with E-state index in [4.69, 9.17) is 0 Å². The first kappa shape index (κ1) is 20.4. The maximum Gasteiger partial charge on any atom is 0.335 e. The summed E-state index contributed by atoms with van der Waals surface area (Å²) in [7, 11) is 0. The van der Waals surface area contributed by atoms with E-state index in [-0.39, 0.29) is 23.7 Å². The number of hydrogen-bond acceptors (Lipinski definition) is 5. The van der Waals surface area contributed by atoms with Crippen molar-refractivity contribution < 1.29 is 19.5 Å². The molecule has 0 saturated heterocycles. The number of rotatable bonds is 8. The zero-order chi connectivity index (χ0) is 20.8. The van der Waals surface area contributed by atoms with Gasteiger partial charge in [0.25, 0.3) is 0 Å². The average molecular weight is 408 g/mol. The maximum absolute atomic E-state index is 12.5. The van der Waals surface area contributed by atoms with Crippen LogP contribution in [0.4, 0.5) is 5.13 Å².